The lowest BCUT2D eigenvalue weighted by Gasteiger charge is -2.12. The number of rotatable bonds is 3. The molecule has 0 spiro atoms. The van der Waals surface area contributed by atoms with Crippen molar-refractivity contribution in [3.63, 3.8) is 0 Å². The summed E-state index contributed by atoms with van der Waals surface area (Å²) in [7, 11) is 0. The van der Waals surface area contributed by atoms with Gasteiger partial charge >= 0.3 is 6.03 Å². The Morgan fingerprint density at radius 2 is 1.90 bits per heavy atom. The summed E-state index contributed by atoms with van der Waals surface area (Å²) in [5.41, 5.74) is 6.16. The van der Waals surface area contributed by atoms with Crippen molar-refractivity contribution in [2.45, 2.75) is 0 Å². The molecule has 2 aromatic rings. The molecular formula is C14H11ClFN3OS. The summed E-state index contributed by atoms with van der Waals surface area (Å²) in [6, 6.07) is 10.3. The normalized spacial score (nSPS) is 10.0. The summed E-state index contributed by atoms with van der Waals surface area (Å²) < 4.78 is 13.7. The van der Waals surface area contributed by atoms with Gasteiger partial charge in [-0.05, 0) is 30.3 Å². The molecule has 0 bridgehead atoms. The van der Waals surface area contributed by atoms with Crippen molar-refractivity contribution in [2.24, 2.45) is 5.73 Å². The first-order chi connectivity index (χ1) is 9.97. The number of halogens is 2. The van der Waals surface area contributed by atoms with Gasteiger partial charge in [-0.15, -0.1) is 0 Å². The molecule has 0 aliphatic heterocycles. The number of hydrogen-bond donors (Lipinski definition) is 3. The van der Waals surface area contributed by atoms with Crippen molar-refractivity contribution in [1.82, 2.24) is 0 Å². The summed E-state index contributed by atoms with van der Waals surface area (Å²) in [5.74, 6) is -0.594. The number of anilines is 2. The quantitative estimate of drug-likeness (QED) is 0.753. The highest BCUT2D eigenvalue weighted by Gasteiger charge is 2.13. The molecule has 2 amide bonds. The number of thiocarbonyl (C=S) groups is 1. The van der Waals surface area contributed by atoms with Crippen LogP contribution in [0.15, 0.2) is 42.5 Å². The van der Waals surface area contributed by atoms with Crippen molar-refractivity contribution >= 4 is 46.2 Å². The third kappa shape index (κ3) is 3.90. The molecule has 21 heavy (non-hydrogen) atoms. The van der Waals surface area contributed by atoms with Gasteiger partial charge in [0, 0.05) is 10.7 Å². The summed E-state index contributed by atoms with van der Waals surface area (Å²) in [4.78, 5) is 11.8. The molecule has 0 saturated heterocycles. The molecule has 2 aromatic carbocycles. The summed E-state index contributed by atoms with van der Waals surface area (Å²) in [5, 5.41) is 5.56. The number of nitrogens with two attached hydrogens (primary N) is 1. The van der Waals surface area contributed by atoms with E-state index in [-0.39, 0.29) is 16.2 Å². The van der Waals surface area contributed by atoms with E-state index in [4.69, 9.17) is 29.6 Å². The molecule has 0 radical (unpaired) electrons. The van der Waals surface area contributed by atoms with Crippen LogP contribution in [0.1, 0.15) is 5.56 Å². The van der Waals surface area contributed by atoms with E-state index < -0.39 is 11.8 Å². The van der Waals surface area contributed by atoms with Crippen molar-refractivity contribution in [2.75, 3.05) is 10.6 Å². The third-order valence-corrected chi connectivity index (χ3v) is 3.03. The molecule has 0 unspecified atom stereocenters. The molecule has 0 aliphatic rings. The number of carbonyl (C=O) groups excluding carboxylic acids is 1. The second kappa shape index (κ2) is 6.51. The summed E-state index contributed by atoms with van der Waals surface area (Å²) in [6.07, 6.45) is 0. The molecule has 4 nitrogen and oxygen atoms in total. The number of nitrogens with one attached hydrogen (secondary N) is 2. The van der Waals surface area contributed by atoms with Gasteiger partial charge in [-0.2, -0.15) is 0 Å². The topological polar surface area (TPSA) is 67.1 Å². The molecule has 0 atom stereocenters. The fourth-order valence-corrected chi connectivity index (χ4v) is 2.13. The molecule has 108 valence electrons. The fourth-order valence-electron chi connectivity index (χ4n) is 1.73. The zero-order valence-electron chi connectivity index (χ0n) is 10.7. The molecule has 4 N–H and O–H groups in total. The highest BCUT2D eigenvalue weighted by Crippen LogP contribution is 2.20. The van der Waals surface area contributed by atoms with Crippen LogP contribution in [0.5, 0.6) is 0 Å². The summed E-state index contributed by atoms with van der Waals surface area (Å²) >= 11 is 10.6. The Labute approximate surface area is 131 Å². The van der Waals surface area contributed by atoms with Gasteiger partial charge in [0.05, 0.1) is 11.3 Å². The van der Waals surface area contributed by atoms with Crippen molar-refractivity contribution in [3.05, 3.63) is 58.9 Å². The van der Waals surface area contributed by atoms with Crippen molar-refractivity contribution in [3.8, 4) is 0 Å². The zero-order valence-corrected chi connectivity index (χ0v) is 12.3. The van der Waals surface area contributed by atoms with E-state index >= 15 is 0 Å². The van der Waals surface area contributed by atoms with Crippen LogP contribution in [-0.2, 0) is 0 Å². The van der Waals surface area contributed by atoms with Gasteiger partial charge in [0.2, 0.25) is 0 Å². The number of benzene rings is 2. The molecular weight excluding hydrogens is 313 g/mol. The number of urea groups is 1. The lowest BCUT2D eigenvalue weighted by atomic mass is 10.1. The van der Waals surface area contributed by atoms with E-state index in [1.807, 2.05) is 0 Å². The number of carbonyl (C=O) groups is 1. The van der Waals surface area contributed by atoms with E-state index in [1.165, 1.54) is 18.2 Å². The van der Waals surface area contributed by atoms with Crippen LogP contribution in [0.25, 0.3) is 0 Å². The van der Waals surface area contributed by atoms with Gasteiger partial charge < -0.3 is 16.4 Å². The van der Waals surface area contributed by atoms with Gasteiger partial charge in [0.1, 0.15) is 10.8 Å². The molecule has 2 rings (SSSR count). The Hall–Kier alpha value is -2.18. The summed E-state index contributed by atoms with van der Waals surface area (Å²) in [6.45, 7) is 0. The van der Waals surface area contributed by atoms with E-state index in [0.29, 0.717) is 10.7 Å². The minimum Gasteiger partial charge on any atom is -0.389 e. The third-order valence-electron chi connectivity index (χ3n) is 2.59. The second-order valence-electron chi connectivity index (χ2n) is 4.12. The van der Waals surface area contributed by atoms with Crippen LogP contribution in [0.3, 0.4) is 0 Å². The Morgan fingerprint density at radius 3 is 2.57 bits per heavy atom. The minimum atomic E-state index is -0.594. The lowest BCUT2D eigenvalue weighted by Crippen LogP contribution is -2.23. The van der Waals surface area contributed by atoms with Crippen LogP contribution in [0, 0.1) is 5.82 Å². The van der Waals surface area contributed by atoms with Crippen LogP contribution < -0.4 is 16.4 Å². The molecule has 0 heterocycles. The predicted octanol–water partition coefficient (Wildman–Crippen LogP) is 3.76. The second-order valence-corrected chi connectivity index (χ2v) is 4.99. The Morgan fingerprint density at radius 1 is 1.19 bits per heavy atom. The van der Waals surface area contributed by atoms with E-state index in [2.05, 4.69) is 10.6 Å². The van der Waals surface area contributed by atoms with Gasteiger partial charge in [0.25, 0.3) is 0 Å². The Bertz CT molecular complexity index is 708. The zero-order chi connectivity index (χ0) is 15.4. The highest BCUT2D eigenvalue weighted by atomic mass is 35.5. The van der Waals surface area contributed by atoms with Crippen LogP contribution >= 0.6 is 23.8 Å². The van der Waals surface area contributed by atoms with Crippen molar-refractivity contribution < 1.29 is 9.18 Å². The fraction of sp³-hybridized carbons (Fsp3) is 0. The van der Waals surface area contributed by atoms with Crippen LogP contribution in [0.2, 0.25) is 5.02 Å². The lowest BCUT2D eigenvalue weighted by molar-refractivity contribution is 0.262. The Kier molecular flexibility index (Phi) is 4.72. The monoisotopic (exact) mass is 323 g/mol. The average Bonchev–Trinajstić information content (AvgIpc) is 2.37. The van der Waals surface area contributed by atoms with Crippen LogP contribution in [0.4, 0.5) is 20.6 Å². The minimum absolute atomic E-state index is 0.00579. The largest absolute Gasteiger partial charge is 0.389 e. The molecule has 0 saturated carbocycles. The highest BCUT2D eigenvalue weighted by molar-refractivity contribution is 7.80. The standard InChI is InChI=1S/C14H11ClFN3OS/c15-8-3-1-4-9(7-8)18-14(20)19-11-6-2-5-10(16)12(11)13(17)21/h1-7H,(H2,17,21)(H2,18,19,20). The van der Waals surface area contributed by atoms with Gasteiger partial charge in [-0.1, -0.05) is 36.0 Å². The molecule has 0 aromatic heterocycles. The van der Waals surface area contributed by atoms with Gasteiger partial charge in [0.15, 0.2) is 0 Å². The van der Waals surface area contributed by atoms with E-state index in [1.54, 1.807) is 24.3 Å². The first-order valence-corrected chi connectivity index (χ1v) is 6.68. The van der Waals surface area contributed by atoms with Gasteiger partial charge in [-0.3, -0.25) is 0 Å². The number of hydrogen-bond acceptors (Lipinski definition) is 2. The molecule has 7 heteroatoms. The molecule has 0 aliphatic carbocycles. The molecule has 0 fully saturated rings. The smallest absolute Gasteiger partial charge is 0.323 e. The predicted molar refractivity (Wildman–Crippen MR) is 86.4 cm³/mol. The van der Waals surface area contributed by atoms with E-state index in [9.17, 15) is 9.18 Å². The van der Waals surface area contributed by atoms with Crippen LogP contribution in [-0.4, -0.2) is 11.0 Å². The SMILES string of the molecule is NC(=S)c1c(F)cccc1NC(=O)Nc1cccc(Cl)c1. The maximum absolute atomic E-state index is 13.7. The van der Waals surface area contributed by atoms with E-state index in [0.717, 1.165) is 0 Å². The average molecular weight is 324 g/mol. The first-order valence-electron chi connectivity index (χ1n) is 5.89. The van der Waals surface area contributed by atoms with Crippen molar-refractivity contribution in [1.29, 1.82) is 0 Å². The first kappa shape index (κ1) is 15.2. The van der Waals surface area contributed by atoms with Gasteiger partial charge in [-0.25, -0.2) is 9.18 Å². The maximum atomic E-state index is 13.7. The number of amides is 2. The maximum Gasteiger partial charge on any atom is 0.323 e. The Balaban J connectivity index is 2.17.